The molecule has 1 unspecified atom stereocenters. The molecule has 0 aliphatic carbocycles. The van der Waals surface area contributed by atoms with Gasteiger partial charge in [0, 0.05) is 19.8 Å². The highest BCUT2D eigenvalue weighted by molar-refractivity contribution is 5.97. The first-order valence-electron chi connectivity index (χ1n) is 8.87. The van der Waals surface area contributed by atoms with Crippen LogP contribution in [0, 0.1) is 5.92 Å². The fraction of sp³-hybridized carbons (Fsp3) is 0.765. The minimum Gasteiger partial charge on any atom is -0.320 e. The molecular formula is C17H29N5O. The summed E-state index contributed by atoms with van der Waals surface area (Å²) in [5, 5.41) is 7.45. The number of likely N-dealkylation sites (tertiary alicyclic amines) is 1. The highest BCUT2D eigenvalue weighted by Crippen LogP contribution is 2.27. The highest BCUT2D eigenvalue weighted by atomic mass is 16.2. The molecule has 6 nitrogen and oxygen atoms in total. The first kappa shape index (κ1) is 16.5. The van der Waals surface area contributed by atoms with E-state index in [0.717, 1.165) is 50.6 Å². The molecule has 1 N–H and O–H groups in total. The summed E-state index contributed by atoms with van der Waals surface area (Å²) >= 11 is 0. The molecule has 1 atom stereocenters. The highest BCUT2D eigenvalue weighted by Gasteiger charge is 2.35. The number of hydrogen-bond donors (Lipinski definition) is 1. The van der Waals surface area contributed by atoms with Crippen LogP contribution in [-0.4, -0.2) is 59.9 Å². The SMILES string of the molecule is CNCCC1CCN(C2CCCN(c3cnn(C)c3)C2=O)CC1. The van der Waals surface area contributed by atoms with Crippen molar-refractivity contribution in [2.75, 3.05) is 38.1 Å². The van der Waals surface area contributed by atoms with Gasteiger partial charge in [0.25, 0.3) is 0 Å². The molecule has 2 fully saturated rings. The molecule has 3 rings (SSSR count). The Morgan fingerprint density at radius 3 is 2.70 bits per heavy atom. The van der Waals surface area contributed by atoms with Gasteiger partial charge < -0.3 is 10.2 Å². The van der Waals surface area contributed by atoms with Crippen molar-refractivity contribution in [1.29, 1.82) is 0 Å². The van der Waals surface area contributed by atoms with Gasteiger partial charge in [-0.15, -0.1) is 0 Å². The van der Waals surface area contributed by atoms with Gasteiger partial charge in [-0.1, -0.05) is 0 Å². The summed E-state index contributed by atoms with van der Waals surface area (Å²) in [5.41, 5.74) is 0.936. The maximum Gasteiger partial charge on any atom is 0.244 e. The third kappa shape index (κ3) is 3.75. The minimum atomic E-state index is 0.0641. The van der Waals surface area contributed by atoms with Crippen LogP contribution in [0.15, 0.2) is 12.4 Å². The van der Waals surface area contributed by atoms with Gasteiger partial charge in [0.1, 0.15) is 0 Å². The van der Waals surface area contributed by atoms with Crippen molar-refractivity contribution in [3.05, 3.63) is 12.4 Å². The van der Waals surface area contributed by atoms with Gasteiger partial charge in [0.05, 0.1) is 17.9 Å². The standard InChI is InChI=1S/C17H29N5O/c1-18-8-5-14-6-10-21(11-7-14)16-4-3-9-22(17(16)23)15-12-19-20(2)13-15/h12-14,16,18H,3-11H2,1-2H3. The largest absolute Gasteiger partial charge is 0.320 e. The third-order valence-corrected chi connectivity index (χ3v) is 5.31. The van der Waals surface area contributed by atoms with E-state index in [1.165, 1.54) is 19.3 Å². The third-order valence-electron chi connectivity index (χ3n) is 5.31. The van der Waals surface area contributed by atoms with Crippen molar-refractivity contribution in [2.24, 2.45) is 13.0 Å². The molecule has 6 heteroatoms. The number of carbonyl (C=O) groups is 1. The maximum absolute atomic E-state index is 12.9. The average molecular weight is 319 g/mol. The Labute approximate surface area is 138 Å². The molecule has 1 aromatic heterocycles. The second kappa shape index (κ2) is 7.45. The number of aromatic nitrogens is 2. The van der Waals surface area contributed by atoms with E-state index in [1.54, 1.807) is 10.9 Å². The lowest BCUT2D eigenvalue weighted by atomic mass is 9.91. The molecule has 0 saturated carbocycles. The molecule has 2 saturated heterocycles. The zero-order chi connectivity index (χ0) is 16.2. The normalized spacial score (nSPS) is 24.3. The van der Waals surface area contributed by atoms with Crippen molar-refractivity contribution in [3.63, 3.8) is 0 Å². The Kier molecular flexibility index (Phi) is 5.33. The number of carbonyl (C=O) groups excluding carboxylic acids is 1. The fourth-order valence-corrected chi connectivity index (χ4v) is 3.90. The van der Waals surface area contributed by atoms with Crippen LogP contribution >= 0.6 is 0 Å². The van der Waals surface area contributed by atoms with Gasteiger partial charge in [-0.25, -0.2) is 0 Å². The van der Waals surface area contributed by atoms with E-state index in [0.29, 0.717) is 0 Å². The Balaban J connectivity index is 1.59. The van der Waals surface area contributed by atoms with Crippen LogP contribution in [0.1, 0.15) is 32.1 Å². The van der Waals surface area contributed by atoms with Crippen molar-refractivity contribution in [2.45, 2.75) is 38.1 Å². The molecule has 0 spiro atoms. The van der Waals surface area contributed by atoms with Crippen molar-refractivity contribution in [1.82, 2.24) is 20.0 Å². The molecule has 0 radical (unpaired) electrons. The lowest BCUT2D eigenvalue weighted by Gasteiger charge is -2.41. The van der Waals surface area contributed by atoms with Gasteiger partial charge in [0.2, 0.25) is 5.91 Å². The number of nitrogens with one attached hydrogen (secondary N) is 1. The molecule has 3 heterocycles. The molecule has 2 aliphatic heterocycles. The topological polar surface area (TPSA) is 53.4 Å². The van der Waals surface area contributed by atoms with Crippen molar-refractivity contribution < 1.29 is 4.79 Å². The van der Waals surface area contributed by atoms with E-state index in [2.05, 4.69) is 15.3 Å². The van der Waals surface area contributed by atoms with E-state index >= 15 is 0 Å². The minimum absolute atomic E-state index is 0.0641. The van der Waals surface area contributed by atoms with Crippen LogP contribution in [0.3, 0.4) is 0 Å². The molecular weight excluding hydrogens is 290 g/mol. The number of rotatable bonds is 5. The summed E-state index contributed by atoms with van der Waals surface area (Å²) < 4.78 is 1.76. The van der Waals surface area contributed by atoms with Gasteiger partial charge >= 0.3 is 0 Å². The van der Waals surface area contributed by atoms with Crippen LogP contribution in [0.25, 0.3) is 0 Å². The lowest BCUT2D eigenvalue weighted by molar-refractivity contribution is -0.126. The van der Waals surface area contributed by atoms with Crippen molar-refractivity contribution >= 4 is 11.6 Å². The Hall–Kier alpha value is -1.40. The van der Waals surface area contributed by atoms with Crippen LogP contribution in [-0.2, 0) is 11.8 Å². The summed E-state index contributed by atoms with van der Waals surface area (Å²) in [5.74, 6) is 1.07. The predicted molar refractivity (Wildman–Crippen MR) is 91.4 cm³/mol. The number of amides is 1. The van der Waals surface area contributed by atoms with E-state index in [4.69, 9.17) is 0 Å². The molecule has 1 aromatic rings. The van der Waals surface area contributed by atoms with Crippen LogP contribution in [0.5, 0.6) is 0 Å². The van der Waals surface area contributed by atoms with Crippen LogP contribution in [0.4, 0.5) is 5.69 Å². The Bertz CT molecular complexity index is 521. The fourth-order valence-electron chi connectivity index (χ4n) is 3.90. The summed E-state index contributed by atoms with van der Waals surface area (Å²) in [7, 11) is 3.91. The first-order chi connectivity index (χ1) is 11.2. The van der Waals surface area contributed by atoms with E-state index in [1.807, 2.05) is 25.2 Å². The molecule has 2 aliphatic rings. The zero-order valence-corrected chi connectivity index (χ0v) is 14.4. The maximum atomic E-state index is 12.9. The van der Waals surface area contributed by atoms with Gasteiger partial charge in [0.15, 0.2) is 0 Å². The first-order valence-corrected chi connectivity index (χ1v) is 8.87. The van der Waals surface area contributed by atoms with E-state index < -0.39 is 0 Å². The lowest BCUT2D eigenvalue weighted by Crippen LogP contribution is -2.54. The van der Waals surface area contributed by atoms with E-state index in [-0.39, 0.29) is 11.9 Å². The Morgan fingerprint density at radius 1 is 1.26 bits per heavy atom. The van der Waals surface area contributed by atoms with Crippen molar-refractivity contribution in [3.8, 4) is 0 Å². The van der Waals surface area contributed by atoms with Gasteiger partial charge in [-0.2, -0.15) is 5.10 Å². The summed E-state index contributed by atoms with van der Waals surface area (Å²) in [6.45, 7) is 4.04. The second-order valence-electron chi connectivity index (χ2n) is 6.89. The van der Waals surface area contributed by atoms with Gasteiger partial charge in [-0.3, -0.25) is 14.4 Å². The average Bonchev–Trinajstić information content (AvgIpc) is 3.00. The number of nitrogens with zero attached hydrogens (tertiary/aromatic N) is 4. The van der Waals surface area contributed by atoms with Crippen LogP contribution in [0.2, 0.25) is 0 Å². The quantitative estimate of drug-likeness (QED) is 0.887. The zero-order valence-electron chi connectivity index (χ0n) is 14.4. The number of anilines is 1. The number of hydrogen-bond acceptors (Lipinski definition) is 4. The summed E-state index contributed by atoms with van der Waals surface area (Å²) in [6.07, 6.45) is 9.50. The summed E-state index contributed by atoms with van der Waals surface area (Å²) in [4.78, 5) is 17.3. The number of piperidine rings is 2. The van der Waals surface area contributed by atoms with Crippen LogP contribution < -0.4 is 10.2 Å². The number of aryl methyl sites for hydroxylation is 1. The molecule has 128 valence electrons. The Morgan fingerprint density at radius 2 is 2.04 bits per heavy atom. The monoisotopic (exact) mass is 319 g/mol. The molecule has 0 aromatic carbocycles. The second-order valence-corrected chi connectivity index (χ2v) is 6.89. The molecule has 0 bridgehead atoms. The van der Waals surface area contributed by atoms with E-state index in [9.17, 15) is 4.79 Å². The summed E-state index contributed by atoms with van der Waals surface area (Å²) in [6, 6.07) is 0.0641. The smallest absolute Gasteiger partial charge is 0.244 e. The molecule has 23 heavy (non-hydrogen) atoms. The molecule has 1 amide bonds. The predicted octanol–water partition coefficient (Wildman–Crippen LogP) is 1.24. The van der Waals surface area contributed by atoms with Gasteiger partial charge in [-0.05, 0) is 64.7 Å².